The molecule has 1 aromatic carbocycles. The number of nitrogens with one attached hydrogen (secondary N) is 1. The zero-order valence-corrected chi connectivity index (χ0v) is 14.0. The first-order valence-electron chi connectivity index (χ1n) is 8.19. The molecular formula is C17H16N6O4. The second kappa shape index (κ2) is 6.90. The maximum Gasteiger partial charge on any atom is 0.167 e. The van der Waals surface area contributed by atoms with Crippen molar-refractivity contribution in [3.8, 4) is 6.07 Å². The topological polar surface area (TPSA) is 149 Å². The van der Waals surface area contributed by atoms with E-state index < -0.39 is 31.1 Å². The molecule has 3 heterocycles. The molecule has 1 aliphatic heterocycles. The fraction of sp³-hybridized carbons (Fsp3) is 0.294. The number of aliphatic hydroxyl groups is 3. The van der Waals surface area contributed by atoms with Gasteiger partial charge in [-0.2, -0.15) is 5.26 Å². The van der Waals surface area contributed by atoms with Crippen molar-refractivity contribution in [1.29, 1.82) is 5.26 Å². The Morgan fingerprint density at radius 3 is 2.81 bits per heavy atom. The molecular weight excluding hydrogens is 352 g/mol. The van der Waals surface area contributed by atoms with Gasteiger partial charge in [0.15, 0.2) is 23.2 Å². The lowest BCUT2D eigenvalue weighted by Gasteiger charge is -2.16. The van der Waals surface area contributed by atoms with Gasteiger partial charge < -0.3 is 25.4 Å². The van der Waals surface area contributed by atoms with E-state index in [2.05, 4.69) is 26.3 Å². The van der Waals surface area contributed by atoms with Gasteiger partial charge in [0.2, 0.25) is 0 Å². The van der Waals surface area contributed by atoms with E-state index in [0.29, 0.717) is 28.2 Å². The first kappa shape index (κ1) is 17.3. The summed E-state index contributed by atoms with van der Waals surface area (Å²) in [5.41, 5.74) is 1.98. The smallest absolute Gasteiger partial charge is 0.167 e. The number of ether oxygens (including phenoxy) is 1. The second-order valence-electron chi connectivity index (χ2n) is 6.09. The minimum Gasteiger partial charge on any atom is -0.394 e. The molecule has 0 spiro atoms. The Labute approximate surface area is 153 Å². The summed E-state index contributed by atoms with van der Waals surface area (Å²) in [6, 6.07) is 8.97. The molecule has 10 heteroatoms. The molecule has 0 bridgehead atoms. The van der Waals surface area contributed by atoms with Gasteiger partial charge in [-0.05, 0) is 18.2 Å². The third-order valence-electron chi connectivity index (χ3n) is 4.40. The maximum atomic E-state index is 10.2. The number of nitriles is 1. The van der Waals surface area contributed by atoms with E-state index in [9.17, 15) is 15.3 Å². The largest absolute Gasteiger partial charge is 0.394 e. The quantitative estimate of drug-likeness (QED) is 0.501. The van der Waals surface area contributed by atoms with E-state index in [1.807, 2.05) is 0 Å². The minimum atomic E-state index is -1.24. The van der Waals surface area contributed by atoms with E-state index in [0.717, 1.165) is 0 Å². The molecule has 2 aromatic heterocycles. The molecule has 0 radical (unpaired) electrons. The Balaban J connectivity index is 1.69. The number of imidazole rings is 1. The molecule has 1 fully saturated rings. The molecule has 1 saturated heterocycles. The molecule has 0 unspecified atom stereocenters. The van der Waals surface area contributed by atoms with Crippen LogP contribution in [0.5, 0.6) is 0 Å². The van der Waals surface area contributed by atoms with Gasteiger partial charge in [0.05, 0.1) is 24.6 Å². The van der Waals surface area contributed by atoms with Crippen LogP contribution in [-0.4, -0.2) is 59.8 Å². The summed E-state index contributed by atoms with van der Waals surface area (Å²) in [5.74, 6) is 0.417. The molecule has 27 heavy (non-hydrogen) atoms. The molecule has 0 saturated carbocycles. The lowest BCUT2D eigenvalue weighted by atomic mass is 10.1. The SMILES string of the molecule is N#Cc1cccc(Nc2ncnc3c2ncn3[C@@H]2O[C@H](CO)[C@@H](O)[C@H]2O)c1. The minimum absolute atomic E-state index is 0.388. The van der Waals surface area contributed by atoms with Gasteiger partial charge in [-0.3, -0.25) is 4.57 Å². The van der Waals surface area contributed by atoms with Crippen LogP contribution in [0.3, 0.4) is 0 Å². The standard InChI is InChI=1S/C17H16N6O4/c18-5-9-2-1-3-10(4-9)22-15-12-16(20-7-19-15)23(8-21-12)17-14(26)13(25)11(6-24)27-17/h1-4,7-8,11,13-14,17,24-26H,6H2,(H,19,20,22)/t11-,13-,14-,17-/m1/s1. The van der Waals surface area contributed by atoms with Gasteiger partial charge in [-0.25, -0.2) is 15.0 Å². The molecule has 0 aliphatic carbocycles. The summed E-state index contributed by atoms with van der Waals surface area (Å²) in [6.45, 7) is -0.418. The van der Waals surface area contributed by atoms with Crippen LogP contribution in [-0.2, 0) is 4.74 Å². The van der Waals surface area contributed by atoms with Crippen molar-refractivity contribution in [1.82, 2.24) is 19.5 Å². The highest BCUT2D eigenvalue weighted by molar-refractivity contribution is 5.85. The molecule has 4 atom stereocenters. The Hall–Kier alpha value is -3.10. The van der Waals surface area contributed by atoms with Crippen LogP contribution >= 0.6 is 0 Å². The molecule has 4 N–H and O–H groups in total. The van der Waals surface area contributed by atoms with Crippen molar-refractivity contribution in [3.63, 3.8) is 0 Å². The van der Waals surface area contributed by atoms with E-state index >= 15 is 0 Å². The van der Waals surface area contributed by atoms with Crippen LogP contribution in [0.15, 0.2) is 36.9 Å². The van der Waals surface area contributed by atoms with E-state index in [1.165, 1.54) is 17.2 Å². The van der Waals surface area contributed by atoms with Crippen molar-refractivity contribution in [3.05, 3.63) is 42.5 Å². The predicted octanol–water partition coefficient (Wildman–Crippen LogP) is 0.0531. The first-order chi connectivity index (χ1) is 13.1. The average molecular weight is 368 g/mol. The monoisotopic (exact) mass is 368 g/mol. The number of aromatic nitrogens is 4. The second-order valence-corrected chi connectivity index (χ2v) is 6.09. The lowest BCUT2D eigenvalue weighted by Crippen LogP contribution is -2.33. The van der Waals surface area contributed by atoms with Crippen molar-refractivity contribution < 1.29 is 20.1 Å². The van der Waals surface area contributed by atoms with E-state index in [1.54, 1.807) is 24.3 Å². The Morgan fingerprint density at radius 1 is 1.22 bits per heavy atom. The number of fused-ring (bicyclic) bond motifs is 1. The number of nitrogens with zero attached hydrogens (tertiary/aromatic N) is 5. The van der Waals surface area contributed by atoms with Crippen molar-refractivity contribution in [2.24, 2.45) is 0 Å². The molecule has 3 aromatic rings. The highest BCUT2D eigenvalue weighted by Crippen LogP contribution is 2.32. The summed E-state index contributed by atoms with van der Waals surface area (Å²) < 4.78 is 7.02. The summed E-state index contributed by atoms with van der Waals surface area (Å²) in [6.07, 6.45) is -1.53. The molecule has 0 amide bonds. The van der Waals surface area contributed by atoms with Crippen molar-refractivity contribution in [2.45, 2.75) is 24.5 Å². The van der Waals surface area contributed by atoms with Crippen LogP contribution in [0.25, 0.3) is 11.2 Å². The Kier molecular flexibility index (Phi) is 4.43. The predicted molar refractivity (Wildman–Crippen MR) is 92.8 cm³/mol. The van der Waals surface area contributed by atoms with Crippen LogP contribution in [0, 0.1) is 11.3 Å². The zero-order valence-electron chi connectivity index (χ0n) is 14.0. The summed E-state index contributed by atoms with van der Waals surface area (Å²) >= 11 is 0. The van der Waals surface area contributed by atoms with Crippen molar-refractivity contribution >= 4 is 22.7 Å². The number of aliphatic hydroxyl groups excluding tert-OH is 3. The van der Waals surface area contributed by atoms with Crippen LogP contribution in [0.4, 0.5) is 11.5 Å². The van der Waals surface area contributed by atoms with E-state index in [-0.39, 0.29) is 0 Å². The van der Waals surface area contributed by atoms with Gasteiger partial charge in [0.1, 0.15) is 24.6 Å². The number of hydrogen-bond acceptors (Lipinski definition) is 9. The van der Waals surface area contributed by atoms with Crippen LogP contribution < -0.4 is 5.32 Å². The Bertz CT molecular complexity index is 1020. The summed E-state index contributed by atoms with van der Waals surface area (Å²) in [5, 5.41) is 41.6. The third-order valence-corrected chi connectivity index (χ3v) is 4.40. The first-order valence-corrected chi connectivity index (χ1v) is 8.19. The van der Waals surface area contributed by atoms with Crippen LogP contribution in [0.1, 0.15) is 11.8 Å². The molecule has 1 aliphatic rings. The van der Waals surface area contributed by atoms with Gasteiger partial charge in [-0.15, -0.1) is 0 Å². The third kappa shape index (κ3) is 2.98. The maximum absolute atomic E-state index is 10.2. The average Bonchev–Trinajstić information content (AvgIpc) is 3.24. The highest BCUT2D eigenvalue weighted by atomic mass is 16.6. The lowest BCUT2D eigenvalue weighted by molar-refractivity contribution is -0.0511. The van der Waals surface area contributed by atoms with Gasteiger partial charge >= 0.3 is 0 Å². The number of rotatable bonds is 4. The number of benzene rings is 1. The molecule has 10 nitrogen and oxygen atoms in total. The molecule has 138 valence electrons. The van der Waals surface area contributed by atoms with Crippen LogP contribution in [0.2, 0.25) is 0 Å². The highest BCUT2D eigenvalue weighted by Gasteiger charge is 2.44. The number of hydrogen-bond donors (Lipinski definition) is 4. The Morgan fingerprint density at radius 2 is 2.07 bits per heavy atom. The molecule has 4 rings (SSSR count). The fourth-order valence-electron chi connectivity index (χ4n) is 3.04. The summed E-state index contributed by atoms with van der Waals surface area (Å²) in [4.78, 5) is 12.7. The van der Waals surface area contributed by atoms with E-state index in [4.69, 9.17) is 10.00 Å². The van der Waals surface area contributed by atoms with Gasteiger partial charge in [0.25, 0.3) is 0 Å². The number of anilines is 2. The summed E-state index contributed by atoms with van der Waals surface area (Å²) in [7, 11) is 0. The van der Waals surface area contributed by atoms with Crippen molar-refractivity contribution in [2.75, 3.05) is 11.9 Å². The zero-order chi connectivity index (χ0) is 19.0. The fourth-order valence-corrected chi connectivity index (χ4v) is 3.04. The van der Waals surface area contributed by atoms with Gasteiger partial charge in [0, 0.05) is 5.69 Å². The normalized spacial score (nSPS) is 24.8. The van der Waals surface area contributed by atoms with Gasteiger partial charge in [-0.1, -0.05) is 6.07 Å².